The van der Waals surface area contributed by atoms with Crippen LogP contribution >= 0.6 is 0 Å². The van der Waals surface area contributed by atoms with Crippen molar-refractivity contribution in [1.82, 2.24) is 9.71 Å². The molecule has 0 aliphatic carbocycles. The van der Waals surface area contributed by atoms with Crippen molar-refractivity contribution in [1.29, 1.82) is 0 Å². The fourth-order valence-corrected chi connectivity index (χ4v) is 3.28. The second kappa shape index (κ2) is 7.00. The molecular weight excluding hydrogens is 298 g/mol. The zero-order chi connectivity index (χ0) is 16.2. The number of hydrogen-bond acceptors (Lipinski definition) is 3. The molecule has 2 rings (SSSR count). The largest absolute Gasteiger partial charge is 0.332 e. The summed E-state index contributed by atoms with van der Waals surface area (Å²) < 4.78 is 27.4. The van der Waals surface area contributed by atoms with E-state index in [1.165, 1.54) is 0 Å². The Hall–Kier alpha value is -1.76. The molecule has 1 atom stereocenters. The van der Waals surface area contributed by atoms with E-state index in [0.29, 0.717) is 6.54 Å². The normalized spacial score (nSPS) is 13.3. The molecule has 0 amide bonds. The lowest BCUT2D eigenvalue weighted by Crippen LogP contribution is -3.07. The zero-order valence-electron chi connectivity index (χ0n) is 13.1. The third-order valence-corrected chi connectivity index (χ3v) is 5.03. The number of pyridine rings is 1. The first-order valence-electron chi connectivity index (χ1n) is 7.16. The highest BCUT2D eigenvalue weighted by molar-refractivity contribution is 7.89. The van der Waals surface area contributed by atoms with Crippen molar-refractivity contribution >= 4 is 10.0 Å². The Labute approximate surface area is 132 Å². The number of sulfonamides is 1. The smallest absolute Gasteiger partial charge is 0.240 e. The minimum absolute atomic E-state index is 0.00826. The van der Waals surface area contributed by atoms with E-state index in [1.807, 2.05) is 33.2 Å². The fourth-order valence-electron chi connectivity index (χ4n) is 2.23. The van der Waals surface area contributed by atoms with Gasteiger partial charge in [0.2, 0.25) is 10.0 Å². The molecule has 0 aliphatic rings. The van der Waals surface area contributed by atoms with Crippen LogP contribution in [0.15, 0.2) is 53.7 Å². The maximum atomic E-state index is 12.4. The Kier molecular flexibility index (Phi) is 5.28. The van der Waals surface area contributed by atoms with Crippen LogP contribution in [0.5, 0.6) is 0 Å². The van der Waals surface area contributed by atoms with Crippen LogP contribution in [0.25, 0.3) is 0 Å². The molecule has 118 valence electrons. The molecule has 0 saturated heterocycles. The molecule has 0 fully saturated rings. The predicted octanol–water partition coefficient (Wildman–Crippen LogP) is 0.554. The van der Waals surface area contributed by atoms with E-state index in [0.717, 1.165) is 16.0 Å². The second-order valence-electron chi connectivity index (χ2n) is 5.58. The van der Waals surface area contributed by atoms with Crippen molar-refractivity contribution in [3.8, 4) is 0 Å². The van der Waals surface area contributed by atoms with E-state index in [9.17, 15) is 8.42 Å². The molecule has 0 bridgehead atoms. The topological polar surface area (TPSA) is 63.5 Å². The molecule has 1 heterocycles. The summed E-state index contributed by atoms with van der Waals surface area (Å²) in [6.45, 7) is 2.25. The van der Waals surface area contributed by atoms with Gasteiger partial charge in [0.1, 0.15) is 6.04 Å². The number of likely N-dealkylation sites (N-methyl/N-ethyl adjacent to an activating group) is 1. The standard InChI is InChI=1S/C16H21N3O2S/c1-13-6-8-15(9-7-13)22(20,21)18-12-16(19(2)3)14-5-4-10-17-11-14/h4-11,16,18H,12H2,1-3H3/p+1. The average molecular weight is 320 g/mol. The van der Waals surface area contributed by atoms with E-state index < -0.39 is 10.0 Å². The van der Waals surface area contributed by atoms with Crippen LogP contribution in [0.2, 0.25) is 0 Å². The predicted molar refractivity (Wildman–Crippen MR) is 86.2 cm³/mol. The molecule has 0 spiro atoms. The lowest BCUT2D eigenvalue weighted by Gasteiger charge is -2.21. The van der Waals surface area contributed by atoms with Crippen LogP contribution in [-0.2, 0) is 10.0 Å². The Bertz CT molecular complexity index is 698. The van der Waals surface area contributed by atoms with Crippen molar-refractivity contribution in [2.45, 2.75) is 17.9 Å². The van der Waals surface area contributed by atoms with Crippen LogP contribution in [0.4, 0.5) is 0 Å². The second-order valence-corrected chi connectivity index (χ2v) is 7.35. The van der Waals surface area contributed by atoms with E-state index in [2.05, 4.69) is 9.71 Å². The third kappa shape index (κ3) is 4.13. The highest BCUT2D eigenvalue weighted by Gasteiger charge is 2.22. The highest BCUT2D eigenvalue weighted by Crippen LogP contribution is 2.12. The summed E-state index contributed by atoms with van der Waals surface area (Å²) in [6, 6.07) is 10.7. The first-order valence-corrected chi connectivity index (χ1v) is 8.65. The summed E-state index contributed by atoms with van der Waals surface area (Å²) in [4.78, 5) is 5.54. The van der Waals surface area contributed by atoms with Gasteiger partial charge in [0.15, 0.2) is 0 Å². The quantitative estimate of drug-likeness (QED) is 0.817. The van der Waals surface area contributed by atoms with Gasteiger partial charge in [-0.1, -0.05) is 17.7 Å². The van der Waals surface area contributed by atoms with Gasteiger partial charge in [-0.25, -0.2) is 13.1 Å². The van der Waals surface area contributed by atoms with Crippen LogP contribution in [0.3, 0.4) is 0 Å². The Morgan fingerprint density at radius 1 is 1.18 bits per heavy atom. The van der Waals surface area contributed by atoms with Gasteiger partial charge < -0.3 is 4.90 Å². The van der Waals surface area contributed by atoms with Crippen LogP contribution in [0, 0.1) is 6.92 Å². The fraction of sp³-hybridized carbons (Fsp3) is 0.312. The lowest BCUT2D eigenvalue weighted by atomic mass is 10.1. The number of quaternary nitrogens is 1. The molecule has 0 aliphatic heterocycles. The lowest BCUT2D eigenvalue weighted by molar-refractivity contribution is -0.890. The first-order chi connectivity index (χ1) is 10.4. The van der Waals surface area contributed by atoms with E-state index in [4.69, 9.17) is 0 Å². The molecule has 2 N–H and O–H groups in total. The Morgan fingerprint density at radius 2 is 1.86 bits per heavy atom. The zero-order valence-corrected chi connectivity index (χ0v) is 13.9. The number of aromatic nitrogens is 1. The van der Waals surface area contributed by atoms with E-state index in [-0.39, 0.29) is 10.9 Å². The monoisotopic (exact) mass is 320 g/mol. The molecule has 1 aromatic carbocycles. The maximum Gasteiger partial charge on any atom is 0.240 e. The molecule has 5 nitrogen and oxygen atoms in total. The number of rotatable bonds is 6. The minimum atomic E-state index is -3.50. The van der Waals surface area contributed by atoms with Gasteiger partial charge in [0.25, 0.3) is 0 Å². The van der Waals surface area contributed by atoms with Crippen LogP contribution in [-0.4, -0.2) is 34.0 Å². The molecule has 1 aromatic heterocycles. The third-order valence-electron chi connectivity index (χ3n) is 3.59. The average Bonchev–Trinajstić information content (AvgIpc) is 2.48. The van der Waals surface area contributed by atoms with Gasteiger partial charge in [-0.2, -0.15) is 0 Å². The van der Waals surface area contributed by atoms with Crippen molar-refractivity contribution in [3.05, 3.63) is 59.9 Å². The maximum absolute atomic E-state index is 12.4. The van der Waals surface area contributed by atoms with Gasteiger partial charge in [-0.05, 0) is 31.2 Å². The van der Waals surface area contributed by atoms with Gasteiger partial charge in [0.05, 0.1) is 25.5 Å². The Balaban J connectivity index is 2.14. The van der Waals surface area contributed by atoms with Gasteiger partial charge in [-0.3, -0.25) is 4.98 Å². The molecule has 22 heavy (non-hydrogen) atoms. The SMILES string of the molecule is Cc1ccc(S(=O)(=O)NCC(c2cccnc2)[NH+](C)C)cc1. The number of nitrogens with zero attached hydrogens (tertiary/aromatic N) is 1. The minimum Gasteiger partial charge on any atom is -0.332 e. The summed E-state index contributed by atoms with van der Waals surface area (Å²) in [7, 11) is 0.498. The van der Waals surface area contributed by atoms with Crippen molar-refractivity contribution in [2.24, 2.45) is 0 Å². The molecular formula is C16H22N3O2S+. The molecule has 1 unspecified atom stereocenters. The number of aryl methyl sites for hydroxylation is 1. The van der Waals surface area contributed by atoms with Crippen molar-refractivity contribution in [2.75, 3.05) is 20.6 Å². The van der Waals surface area contributed by atoms with Gasteiger partial charge in [-0.15, -0.1) is 0 Å². The number of hydrogen-bond donors (Lipinski definition) is 2. The number of nitrogens with one attached hydrogen (secondary N) is 2. The van der Waals surface area contributed by atoms with Crippen LogP contribution < -0.4 is 9.62 Å². The highest BCUT2D eigenvalue weighted by atomic mass is 32.2. The van der Waals surface area contributed by atoms with Crippen molar-refractivity contribution in [3.63, 3.8) is 0 Å². The summed E-state index contributed by atoms with van der Waals surface area (Å²) in [6.07, 6.45) is 3.49. The van der Waals surface area contributed by atoms with E-state index in [1.54, 1.807) is 36.7 Å². The van der Waals surface area contributed by atoms with Gasteiger partial charge >= 0.3 is 0 Å². The van der Waals surface area contributed by atoms with Crippen molar-refractivity contribution < 1.29 is 13.3 Å². The van der Waals surface area contributed by atoms with Gasteiger partial charge in [0, 0.05) is 18.0 Å². The number of benzene rings is 1. The first kappa shape index (κ1) is 16.6. The summed E-state index contributed by atoms with van der Waals surface area (Å²) in [5.74, 6) is 0. The molecule has 0 radical (unpaired) electrons. The molecule has 6 heteroatoms. The Morgan fingerprint density at radius 3 is 2.41 bits per heavy atom. The summed E-state index contributed by atoms with van der Waals surface area (Å²) in [5, 5.41) is 0. The molecule has 0 saturated carbocycles. The summed E-state index contributed by atoms with van der Waals surface area (Å²) in [5.41, 5.74) is 2.04. The molecule has 2 aromatic rings. The van der Waals surface area contributed by atoms with E-state index >= 15 is 0 Å². The van der Waals surface area contributed by atoms with Crippen LogP contribution in [0.1, 0.15) is 17.2 Å². The summed E-state index contributed by atoms with van der Waals surface area (Å²) >= 11 is 0.